The van der Waals surface area contributed by atoms with Crippen LogP contribution in [-0.4, -0.2) is 23.2 Å². The maximum absolute atomic E-state index is 6.15. The molecule has 1 atom stereocenters. The minimum Gasteiger partial charge on any atom is -0.496 e. The van der Waals surface area contributed by atoms with Gasteiger partial charge in [-0.1, -0.05) is 18.5 Å². The third kappa shape index (κ3) is 3.14. The van der Waals surface area contributed by atoms with Crippen LogP contribution < -0.4 is 10.1 Å². The highest BCUT2D eigenvalue weighted by molar-refractivity contribution is 6.30. The number of aromatic nitrogens is 2. The third-order valence-corrected chi connectivity index (χ3v) is 3.49. The van der Waals surface area contributed by atoms with Gasteiger partial charge in [0.15, 0.2) is 0 Å². The van der Waals surface area contributed by atoms with Gasteiger partial charge in [0.2, 0.25) is 0 Å². The first kappa shape index (κ1) is 14.9. The molecule has 1 aromatic carbocycles. The molecule has 0 radical (unpaired) electrons. The first-order chi connectivity index (χ1) is 9.67. The molecule has 0 saturated heterocycles. The van der Waals surface area contributed by atoms with Crippen molar-refractivity contribution < 1.29 is 4.74 Å². The van der Waals surface area contributed by atoms with Gasteiger partial charge in [0, 0.05) is 17.6 Å². The fraction of sp³-hybridized carbons (Fsp3) is 0.400. The van der Waals surface area contributed by atoms with Crippen molar-refractivity contribution in [2.75, 3.05) is 13.7 Å². The topological polar surface area (TPSA) is 39.1 Å². The summed E-state index contributed by atoms with van der Waals surface area (Å²) >= 11 is 6.15. The van der Waals surface area contributed by atoms with E-state index in [0.29, 0.717) is 5.02 Å². The van der Waals surface area contributed by atoms with E-state index in [2.05, 4.69) is 17.2 Å². The Morgan fingerprint density at radius 2 is 2.25 bits per heavy atom. The fourth-order valence-electron chi connectivity index (χ4n) is 2.24. The molecule has 108 valence electrons. The Morgan fingerprint density at radius 1 is 1.45 bits per heavy atom. The predicted octanol–water partition coefficient (Wildman–Crippen LogP) is 3.17. The molecule has 0 amide bonds. The zero-order valence-electron chi connectivity index (χ0n) is 12.1. The van der Waals surface area contributed by atoms with Crippen molar-refractivity contribution in [2.24, 2.45) is 7.05 Å². The first-order valence-corrected chi connectivity index (χ1v) is 7.08. The lowest BCUT2D eigenvalue weighted by Gasteiger charge is -2.22. The van der Waals surface area contributed by atoms with E-state index in [0.717, 1.165) is 30.0 Å². The van der Waals surface area contributed by atoms with Crippen LogP contribution in [0.3, 0.4) is 0 Å². The van der Waals surface area contributed by atoms with Gasteiger partial charge >= 0.3 is 0 Å². The fourth-order valence-corrected chi connectivity index (χ4v) is 2.42. The van der Waals surface area contributed by atoms with Crippen LogP contribution in [0.15, 0.2) is 30.7 Å². The van der Waals surface area contributed by atoms with Gasteiger partial charge < -0.3 is 14.6 Å². The number of imidazole rings is 1. The van der Waals surface area contributed by atoms with E-state index in [1.54, 1.807) is 13.4 Å². The van der Waals surface area contributed by atoms with Gasteiger partial charge in [0.1, 0.15) is 5.75 Å². The molecule has 20 heavy (non-hydrogen) atoms. The third-order valence-electron chi connectivity index (χ3n) is 3.25. The number of hydrogen-bond acceptors (Lipinski definition) is 3. The molecule has 0 aliphatic heterocycles. The number of benzene rings is 1. The largest absolute Gasteiger partial charge is 0.496 e. The van der Waals surface area contributed by atoms with E-state index in [1.807, 2.05) is 36.0 Å². The highest BCUT2D eigenvalue weighted by Crippen LogP contribution is 2.32. The van der Waals surface area contributed by atoms with Crippen molar-refractivity contribution in [2.45, 2.75) is 19.4 Å². The summed E-state index contributed by atoms with van der Waals surface area (Å²) in [4.78, 5) is 4.20. The van der Waals surface area contributed by atoms with E-state index in [1.165, 1.54) is 0 Å². The Kier molecular flexibility index (Phi) is 5.04. The summed E-state index contributed by atoms with van der Waals surface area (Å²) in [5.41, 5.74) is 2.11. The molecule has 0 aliphatic carbocycles. The number of hydrogen-bond donors (Lipinski definition) is 1. The van der Waals surface area contributed by atoms with Crippen molar-refractivity contribution in [3.63, 3.8) is 0 Å². The number of nitrogens with zero attached hydrogens (tertiary/aromatic N) is 2. The Hall–Kier alpha value is -1.52. The monoisotopic (exact) mass is 293 g/mol. The highest BCUT2D eigenvalue weighted by atomic mass is 35.5. The van der Waals surface area contributed by atoms with Gasteiger partial charge in [-0.3, -0.25) is 0 Å². The summed E-state index contributed by atoms with van der Waals surface area (Å²) in [5.74, 6) is 0.823. The summed E-state index contributed by atoms with van der Waals surface area (Å²) in [6.45, 7) is 3.05. The van der Waals surface area contributed by atoms with Crippen LogP contribution in [0.25, 0.3) is 0 Å². The molecule has 2 aromatic rings. The van der Waals surface area contributed by atoms with Crippen molar-refractivity contribution in [1.29, 1.82) is 0 Å². The Morgan fingerprint density at radius 3 is 2.85 bits per heavy atom. The molecule has 1 aromatic heterocycles. The van der Waals surface area contributed by atoms with E-state index in [-0.39, 0.29) is 6.04 Å². The second-order valence-corrected chi connectivity index (χ2v) is 5.14. The normalized spacial score (nSPS) is 12.4. The van der Waals surface area contributed by atoms with Crippen molar-refractivity contribution in [1.82, 2.24) is 14.9 Å². The van der Waals surface area contributed by atoms with Crippen molar-refractivity contribution >= 4 is 11.6 Å². The van der Waals surface area contributed by atoms with E-state index >= 15 is 0 Å². The average Bonchev–Trinajstić information content (AvgIpc) is 2.86. The average molecular weight is 294 g/mol. The van der Waals surface area contributed by atoms with Gasteiger partial charge in [-0.25, -0.2) is 4.98 Å². The molecular weight excluding hydrogens is 274 g/mol. The zero-order chi connectivity index (χ0) is 14.5. The minimum absolute atomic E-state index is 0.0103. The van der Waals surface area contributed by atoms with Crippen molar-refractivity contribution in [3.05, 3.63) is 47.0 Å². The standard InChI is InChI=1S/C15H20ClN3O/c1-4-7-18-15(13-9-17-10-19(13)2)12-8-11(16)5-6-14(12)20-3/h5-6,8-10,15,18H,4,7H2,1-3H3. The molecule has 1 unspecified atom stereocenters. The second-order valence-electron chi connectivity index (χ2n) is 4.70. The Balaban J connectivity index is 2.46. The lowest BCUT2D eigenvalue weighted by molar-refractivity contribution is 0.402. The maximum atomic E-state index is 6.15. The molecule has 1 N–H and O–H groups in total. The molecule has 2 rings (SSSR count). The van der Waals surface area contributed by atoms with E-state index < -0.39 is 0 Å². The lowest BCUT2D eigenvalue weighted by Crippen LogP contribution is -2.25. The van der Waals surface area contributed by atoms with Crippen LogP contribution in [-0.2, 0) is 7.05 Å². The maximum Gasteiger partial charge on any atom is 0.124 e. The van der Waals surface area contributed by atoms with Crippen molar-refractivity contribution in [3.8, 4) is 5.75 Å². The summed E-state index contributed by atoms with van der Waals surface area (Å²) in [6.07, 6.45) is 4.72. The summed E-state index contributed by atoms with van der Waals surface area (Å²) in [7, 11) is 3.66. The molecule has 0 aliphatic rings. The number of methoxy groups -OCH3 is 1. The number of ether oxygens (including phenoxy) is 1. The number of rotatable bonds is 6. The van der Waals surface area contributed by atoms with Crippen LogP contribution in [0.1, 0.15) is 30.6 Å². The first-order valence-electron chi connectivity index (χ1n) is 6.70. The predicted molar refractivity (Wildman–Crippen MR) is 81.3 cm³/mol. The van der Waals surface area contributed by atoms with Crippen LogP contribution in [0.2, 0.25) is 5.02 Å². The summed E-state index contributed by atoms with van der Waals surface area (Å²) < 4.78 is 7.48. The van der Waals surface area contributed by atoms with Crippen LogP contribution in [0, 0.1) is 0 Å². The molecule has 1 heterocycles. The van der Waals surface area contributed by atoms with Crippen LogP contribution in [0.5, 0.6) is 5.75 Å². The van der Waals surface area contributed by atoms with Gasteiger partial charge in [0.25, 0.3) is 0 Å². The second kappa shape index (κ2) is 6.77. The molecule has 4 nitrogen and oxygen atoms in total. The van der Waals surface area contributed by atoms with Gasteiger partial charge in [-0.15, -0.1) is 0 Å². The number of aryl methyl sites for hydroxylation is 1. The molecule has 0 bridgehead atoms. The van der Waals surface area contributed by atoms with Crippen LogP contribution >= 0.6 is 11.6 Å². The quantitative estimate of drug-likeness (QED) is 0.889. The SMILES string of the molecule is CCCNC(c1cc(Cl)ccc1OC)c1cncn1C. The summed E-state index contributed by atoms with van der Waals surface area (Å²) in [5, 5.41) is 4.23. The smallest absolute Gasteiger partial charge is 0.124 e. The van der Waals surface area contributed by atoms with E-state index in [9.17, 15) is 0 Å². The minimum atomic E-state index is 0.0103. The number of nitrogens with one attached hydrogen (secondary N) is 1. The van der Waals surface area contributed by atoms with Gasteiger partial charge in [-0.05, 0) is 31.2 Å². The van der Waals surface area contributed by atoms with Gasteiger partial charge in [0.05, 0.1) is 31.4 Å². The Labute approximate surface area is 124 Å². The molecule has 0 saturated carbocycles. The zero-order valence-corrected chi connectivity index (χ0v) is 12.8. The van der Waals surface area contributed by atoms with Crippen LogP contribution in [0.4, 0.5) is 0 Å². The molecular formula is C15H20ClN3O. The summed E-state index contributed by atoms with van der Waals surface area (Å²) in [6, 6.07) is 5.69. The number of halogens is 1. The molecule has 5 heteroatoms. The Bertz CT molecular complexity index is 568. The lowest BCUT2D eigenvalue weighted by atomic mass is 10.0. The van der Waals surface area contributed by atoms with E-state index in [4.69, 9.17) is 16.3 Å². The van der Waals surface area contributed by atoms with Gasteiger partial charge in [-0.2, -0.15) is 0 Å². The molecule has 0 fully saturated rings. The molecule has 0 spiro atoms. The highest BCUT2D eigenvalue weighted by Gasteiger charge is 2.20.